The maximum atomic E-state index is 13.9. The number of carbonyl (C=O) groups is 2. The van der Waals surface area contributed by atoms with Crippen LogP contribution in [0.2, 0.25) is 0 Å². The lowest BCUT2D eigenvalue weighted by Crippen LogP contribution is -2.60. The van der Waals surface area contributed by atoms with E-state index in [0.29, 0.717) is 49.7 Å². The van der Waals surface area contributed by atoms with Crippen LogP contribution in [0, 0.1) is 29.1 Å². The quantitative estimate of drug-likeness (QED) is 0.648. The molecule has 6 fully saturated rings. The molecule has 1 unspecified atom stereocenters. The van der Waals surface area contributed by atoms with Crippen LogP contribution in [-0.2, 0) is 16.1 Å². The Kier molecular flexibility index (Phi) is 5.48. The molecule has 4 saturated carbocycles. The van der Waals surface area contributed by atoms with E-state index < -0.39 is 12.1 Å². The van der Waals surface area contributed by atoms with Gasteiger partial charge >= 0.3 is 0 Å². The number of nitrogens with zero attached hydrogens (tertiary/aromatic N) is 5. The van der Waals surface area contributed by atoms with Crippen molar-refractivity contribution in [2.75, 3.05) is 26.7 Å². The highest BCUT2D eigenvalue weighted by Gasteiger charge is 2.57. The molecule has 7 rings (SSSR count). The second-order valence-electron chi connectivity index (χ2n) is 12.0. The summed E-state index contributed by atoms with van der Waals surface area (Å²) in [4.78, 5) is 31.0. The predicted octanol–water partition coefficient (Wildman–Crippen LogP) is 1.20. The van der Waals surface area contributed by atoms with Crippen LogP contribution in [0.15, 0.2) is 6.20 Å². The van der Waals surface area contributed by atoms with Gasteiger partial charge in [-0.2, -0.15) is 0 Å². The number of carbonyl (C=O) groups excluding carboxylic acids is 2. The second kappa shape index (κ2) is 8.29. The molecule has 3 atom stereocenters. The van der Waals surface area contributed by atoms with E-state index in [1.807, 2.05) is 29.7 Å². The van der Waals surface area contributed by atoms with Gasteiger partial charge in [0, 0.05) is 44.6 Å². The van der Waals surface area contributed by atoms with Gasteiger partial charge in [-0.25, -0.2) is 0 Å². The van der Waals surface area contributed by atoms with E-state index in [4.69, 9.17) is 0 Å². The van der Waals surface area contributed by atoms with Gasteiger partial charge in [0.25, 0.3) is 0 Å². The van der Waals surface area contributed by atoms with Gasteiger partial charge in [0.1, 0.15) is 6.04 Å². The molecule has 4 aliphatic carbocycles. The minimum absolute atomic E-state index is 0.00830. The third-order valence-corrected chi connectivity index (χ3v) is 9.46. The predicted molar refractivity (Wildman–Crippen MR) is 124 cm³/mol. The number of nitrogens with one attached hydrogen (secondary N) is 1. The Labute approximate surface area is 201 Å². The highest BCUT2D eigenvalue weighted by Crippen LogP contribution is 2.60. The fourth-order valence-electron chi connectivity index (χ4n) is 8.04. The van der Waals surface area contributed by atoms with E-state index in [1.165, 1.54) is 19.3 Å². The summed E-state index contributed by atoms with van der Waals surface area (Å²) >= 11 is 0. The van der Waals surface area contributed by atoms with Gasteiger partial charge in [-0.3, -0.25) is 14.3 Å². The zero-order valence-electron chi connectivity index (χ0n) is 20.4. The van der Waals surface area contributed by atoms with Crippen molar-refractivity contribution < 1.29 is 14.7 Å². The molecule has 2 saturated heterocycles. The van der Waals surface area contributed by atoms with Crippen molar-refractivity contribution in [1.29, 1.82) is 0 Å². The molecule has 1 aromatic heterocycles. The first-order chi connectivity index (χ1) is 16.3. The Hall–Kier alpha value is -2.00. The standard InChI is InChI=1S/C25H38N6O3/c1-15(26-2)21-14-30(28-27-21)12-19-10-29(11-19)23(33)22-6-20(32)13-31(22)24(34)25-7-16-3-17(8-25)5-18(4-16)9-25/h14-20,22,26,32H,3-13H2,1-2H3/t15?,16?,17?,18?,20-,22+,25?/m1/s1. The van der Waals surface area contributed by atoms with Crippen LogP contribution >= 0.6 is 0 Å². The van der Waals surface area contributed by atoms with E-state index in [2.05, 4.69) is 15.6 Å². The topological polar surface area (TPSA) is 104 Å². The first kappa shape index (κ1) is 22.5. The van der Waals surface area contributed by atoms with E-state index in [1.54, 1.807) is 4.90 Å². The van der Waals surface area contributed by atoms with Crippen molar-refractivity contribution in [1.82, 2.24) is 30.1 Å². The Morgan fingerprint density at radius 3 is 2.38 bits per heavy atom. The first-order valence-electron chi connectivity index (χ1n) is 13.2. The van der Waals surface area contributed by atoms with Gasteiger partial charge in [0.15, 0.2) is 0 Å². The molecular weight excluding hydrogens is 432 g/mol. The number of aliphatic hydroxyl groups excluding tert-OH is 1. The first-order valence-corrected chi connectivity index (χ1v) is 13.2. The monoisotopic (exact) mass is 470 g/mol. The lowest BCUT2D eigenvalue weighted by Gasteiger charge is -2.56. The normalized spacial score (nSPS) is 37.8. The van der Waals surface area contributed by atoms with Crippen molar-refractivity contribution in [2.24, 2.45) is 29.1 Å². The maximum Gasteiger partial charge on any atom is 0.245 e. The van der Waals surface area contributed by atoms with Crippen molar-refractivity contribution in [3.05, 3.63) is 11.9 Å². The van der Waals surface area contributed by atoms with Crippen LogP contribution in [0.5, 0.6) is 0 Å². The molecule has 2 amide bonds. The molecule has 4 bridgehead atoms. The maximum absolute atomic E-state index is 13.9. The zero-order chi connectivity index (χ0) is 23.6. The molecule has 2 N–H and O–H groups in total. The van der Waals surface area contributed by atoms with Crippen LogP contribution in [0.1, 0.15) is 63.6 Å². The molecule has 3 heterocycles. The number of rotatable bonds is 6. The Bertz CT molecular complexity index is 921. The molecule has 2 aliphatic heterocycles. The smallest absolute Gasteiger partial charge is 0.245 e. The van der Waals surface area contributed by atoms with Crippen molar-refractivity contribution in [2.45, 2.75) is 76.6 Å². The van der Waals surface area contributed by atoms with Gasteiger partial charge in [-0.15, -0.1) is 5.10 Å². The van der Waals surface area contributed by atoms with Crippen LogP contribution in [-0.4, -0.2) is 80.5 Å². The third kappa shape index (κ3) is 3.75. The molecule has 0 aromatic carbocycles. The molecule has 9 nitrogen and oxygen atoms in total. The van der Waals surface area contributed by atoms with Gasteiger partial charge in [-0.05, 0) is 70.3 Å². The fraction of sp³-hybridized carbons (Fsp3) is 0.840. The van der Waals surface area contributed by atoms with E-state index in [0.717, 1.165) is 31.5 Å². The van der Waals surface area contributed by atoms with Crippen LogP contribution in [0.25, 0.3) is 0 Å². The summed E-state index contributed by atoms with van der Waals surface area (Å²) in [6, 6.07) is -0.356. The molecule has 186 valence electrons. The SMILES string of the molecule is CNC(C)c1cn(CC2CN(C(=O)[C@@H]3C[C@@H](O)CN3C(=O)C34CC5CC(CC(C5)C3)C4)C2)nn1. The molecule has 0 spiro atoms. The zero-order valence-corrected chi connectivity index (χ0v) is 20.4. The third-order valence-electron chi connectivity index (χ3n) is 9.46. The number of amides is 2. The summed E-state index contributed by atoms with van der Waals surface area (Å²) in [6.45, 7) is 4.42. The van der Waals surface area contributed by atoms with E-state index >= 15 is 0 Å². The Balaban J connectivity index is 1.09. The van der Waals surface area contributed by atoms with Crippen LogP contribution in [0.4, 0.5) is 0 Å². The number of aliphatic hydroxyl groups is 1. The Morgan fingerprint density at radius 2 is 1.76 bits per heavy atom. The average molecular weight is 471 g/mol. The van der Waals surface area contributed by atoms with Crippen molar-refractivity contribution in [3.8, 4) is 0 Å². The number of hydrogen-bond donors (Lipinski definition) is 2. The van der Waals surface area contributed by atoms with Crippen LogP contribution < -0.4 is 5.32 Å². The lowest BCUT2D eigenvalue weighted by atomic mass is 9.49. The van der Waals surface area contributed by atoms with Gasteiger partial charge < -0.3 is 20.2 Å². The molecule has 6 aliphatic rings. The number of likely N-dealkylation sites (tertiary alicyclic amines) is 2. The van der Waals surface area contributed by atoms with E-state index in [-0.39, 0.29) is 23.3 Å². The van der Waals surface area contributed by atoms with Crippen LogP contribution in [0.3, 0.4) is 0 Å². The average Bonchev–Trinajstić information content (AvgIpc) is 3.40. The second-order valence-corrected chi connectivity index (χ2v) is 12.0. The molecule has 1 aromatic rings. The van der Waals surface area contributed by atoms with Gasteiger partial charge in [0.2, 0.25) is 11.8 Å². The summed E-state index contributed by atoms with van der Waals surface area (Å²) in [5.41, 5.74) is 0.637. The fourth-order valence-corrected chi connectivity index (χ4v) is 8.04. The Morgan fingerprint density at radius 1 is 1.12 bits per heavy atom. The largest absolute Gasteiger partial charge is 0.391 e. The summed E-state index contributed by atoms with van der Waals surface area (Å²) in [5, 5.41) is 22.1. The van der Waals surface area contributed by atoms with Gasteiger partial charge in [-0.1, -0.05) is 5.21 Å². The van der Waals surface area contributed by atoms with E-state index in [9.17, 15) is 14.7 Å². The number of aromatic nitrogens is 3. The minimum Gasteiger partial charge on any atom is -0.391 e. The molecule has 9 heteroatoms. The minimum atomic E-state index is -0.605. The highest BCUT2D eigenvalue weighted by molar-refractivity contribution is 5.91. The number of hydrogen-bond acceptors (Lipinski definition) is 6. The lowest BCUT2D eigenvalue weighted by molar-refractivity contribution is -0.163. The summed E-state index contributed by atoms with van der Waals surface area (Å²) in [6.07, 6.45) is 8.55. The number of β-amino-alcohol motifs (C(OH)–C–C–N with tert-alkyl or cyclic N) is 1. The highest BCUT2D eigenvalue weighted by atomic mass is 16.3. The van der Waals surface area contributed by atoms with Gasteiger partial charge in [0.05, 0.1) is 23.4 Å². The summed E-state index contributed by atoms with van der Waals surface area (Å²) in [7, 11) is 1.90. The van der Waals surface area contributed by atoms with Crippen molar-refractivity contribution in [3.63, 3.8) is 0 Å². The molecular formula is C25H38N6O3. The summed E-state index contributed by atoms with van der Waals surface area (Å²) < 4.78 is 1.86. The summed E-state index contributed by atoms with van der Waals surface area (Å²) in [5.74, 6) is 2.55. The molecule has 0 radical (unpaired) electrons. The molecule has 34 heavy (non-hydrogen) atoms. The van der Waals surface area contributed by atoms with Crippen molar-refractivity contribution >= 4 is 11.8 Å².